The number of anilines is 1. The number of rotatable bonds is 2. The Morgan fingerprint density at radius 1 is 0.737 bits per heavy atom. The third-order valence-corrected chi connectivity index (χ3v) is 3.03. The lowest BCUT2D eigenvalue weighted by molar-refractivity contribution is 1.17. The molecule has 92 valence electrons. The van der Waals surface area contributed by atoms with Crippen molar-refractivity contribution in [2.45, 2.75) is 0 Å². The summed E-state index contributed by atoms with van der Waals surface area (Å²) in [4.78, 5) is 8.08. The van der Waals surface area contributed by atoms with Gasteiger partial charge in [-0.05, 0) is 23.3 Å². The lowest BCUT2D eigenvalue weighted by Gasteiger charge is -2.08. The molecule has 3 aromatic rings. The highest BCUT2D eigenvalue weighted by Crippen LogP contribution is 2.30. The van der Waals surface area contributed by atoms with Crippen molar-refractivity contribution in [3.05, 3.63) is 67.3 Å². The van der Waals surface area contributed by atoms with Crippen LogP contribution in [0, 0.1) is 0 Å². The van der Waals surface area contributed by atoms with Gasteiger partial charge in [-0.2, -0.15) is 0 Å². The van der Waals surface area contributed by atoms with E-state index in [1.54, 1.807) is 12.4 Å². The number of nitrogens with two attached hydrogens (primary N) is 1. The van der Waals surface area contributed by atoms with Crippen LogP contribution in [0.4, 0.5) is 5.69 Å². The fourth-order valence-corrected chi connectivity index (χ4v) is 2.05. The molecule has 1 heterocycles. The minimum absolute atomic E-state index is 0.731. The molecular weight excluding hydrogens is 234 g/mol. The maximum Gasteiger partial charge on any atom is 0.115 e. The van der Waals surface area contributed by atoms with Gasteiger partial charge < -0.3 is 5.73 Å². The predicted octanol–water partition coefficient (Wildman–Crippen LogP) is 3.39. The Morgan fingerprint density at radius 2 is 1.47 bits per heavy atom. The number of aromatic nitrogens is 2. The zero-order valence-electron chi connectivity index (χ0n) is 10.3. The van der Waals surface area contributed by atoms with Crippen LogP contribution in [0.1, 0.15) is 0 Å². The number of hydrogen-bond donors (Lipinski definition) is 1. The van der Waals surface area contributed by atoms with Crippen LogP contribution in [0.25, 0.3) is 22.3 Å². The summed E-state index contributed by atoms with van der Waals surface area (Å²) in [7, 11) is 0. The summed E-state index contributed by atoms with van der Waals surface area (Å²) in [5, 5.41) is 0. The number of hydrogen-bond acceptors (Lipinski definition) is 3. The van der Waals surface area contributed by atoms with Gasteiger partial charge in [0.2, 0.25) is 0 Å². The van der Waals surface area contributed by atoms with E-state index in [1.165, 1.54) is 11.9 Å². The molecule has 19 heavy (non-hydrogen) atoms. The molecule has 0 fully saturated rings. The largest absolute Gasteiger partial charge is 0.398 e. The van der Waals surface area contributed by atoms with Gasteiger partial charge in [-0.15, -0.1) is 0 Å². The molecule has 0 bridgehead atoms. The van der Waals surface area contributed by atoms with Crippen molar-refractivity contribution >= 4 is 5.69 Å². The Morgan fingerprint density at radius 3 is 2.21 bits per heavy atom. The summed E-state index contributed by atoms with van der Waals surface area (Å²) in [6, 6.07) is 16.2. The molecule has 3 nitrogen and oxygen atoms in total. The quantitative estimate of drug-likeness (QED) is 0.706. The first-order valence-electron chi connectivity index (χ1n) is 6.05. The van der Waals surface area contributed by atoms with Gasteiger partial charge in [0.1, 0.15) is 6.33 Å². The summed E-state index contributed by atoms with van der Waals surface area (Å²) in [5.74, 6) is 0. The van der Waals surface area contributed by atoms with Crippen LogP contribution in [0.3, 0.4) is 0 Å². The van der Waals surface area contributed by atoms with E-state index in [2.05, 4.69) is 28.2 Å². The van der Waals surface area contributed by atoms with Crippen molar-refractivity contribution in [2.75, 3.05) is 5.73 Å². The predicted molar refractivity (Wildman–Crippen MR) is 77.3 cm³/mol. The monoisotopic (exact) mass is 247 g/mol. The van der Waals surface area contributed by atoms with E-state index in [0.717, 1.165) is 22.4 Å². The molecule has 0 saturated carbocycles. The van der Waals surface area contributed by atoms with E-state index in [9.17, 15) is 0 Å². The van der Waals surface area contributed by atoms with Crippen molar-refractivity contribution < 1.29 is 0 Å². The molecule has 0 aliphatic heterocycles. The summed E-state index contributed by atoms with van der Waals surface area (Å²) in [5.41, 5.74) is 11.0. The third kappa shape index (κ3) is 2.31. The Balaban J connectivity index is 2.12. The van der Waals surface area contributed by atoms with Crippen LogP contribution >= 0.6 is 0 Å². The van der Waals surface area contributed by atoms with Crippen molar-refractivity contribution in [3.8, 4) is 22.3 Å². The Bertz CT molecular complexity index is 679. The average molecular weight is 247 g/mol. The van der Waals surface area contributed by atoms with Gasteiger partial charge in [0.15, 0.2) is 0 Å². The van der Waals surface area contributed by atoms with Crippen LogP contribution in [-0.2, 0) is 0 Å². The molecule has 0 aliphatic carbocycles. The van der Waals surface area contributed by atoms with Crippen molar-refractivity contribution in [1.29, 1.82) is 0 Å². The minimum atomic E-state index is 0.731. The zero-order valence-corrected chi connectivity index (χ0v) is 10.3. The second-order valence-corrected chi connectivity index (χ2v) is 4.30. The van der Waals surface area contributed by atoms with Crippen molar-refractivity contribution in [1.82, 2.24) is 9.97 Å². The van der Waals surface area contributed by atoms with Crippen molar-refractivity contribution in [3.63, 3.8) is 0 Å². The molecule has 3 rings (SSSR count). The smallest absolute Gasteiger partial charge is 0.115 e. The molecule has 2 aromatic carbocycles. The average Bonchev–Trinajstić information content (AvgIpc) is 2.49. The lowest BCUT2D eigenvalue weighted by Crippen LogP contribution is -1.92. The number of nitrogen functional groups attached to an aromatic ring is 1. The van der Waals surface area contributed by atoms with Gasteiger partial charge in [0, 0.05) is 29.2 Å². The molecule has 1 aromatic heterocycles. The van der Waals surface area contributed by atoms with E-state index in [4.69, 9.17) is 5.73 Å². The summed E-state index contributed by atoms with van der Waals surface area (Å²) >= 11 is 0. The van der Waals surface area contributed by atoms with Gasteiger partial charge in [-0.3, -0.25) is 0 Å². The second-order valence-electron chi connectivity index (χ2n) is 4.30. The first-order chi connectivity index (χ1) is 9.34. The molecule has 0 amide bonds. The van der Waals surface area contributed by atoms with Gasteiger partial charge in [0.25, 0.3) is 0 Å². The molecule has 0 aliphatic rings. The minimum Gasteiger partial charge on any atom is -0.398 e. The molecule has 0 saturated heterocycles. The Hall–Kier alpha value is -2.68. The summed E-state index contributed by atoms with van der Waals surface area (Å²) < 4.78 is 0. The van der Waals surface area contributed by atoms with Gasteiger partial charge in [-0.25, -0.2) is 9.97 Å². The highest BCUT2D eigenvalue weighted by Gasteiger charge is 2.05. The molecule has 0 spiro atoms. The molecule has 3 heteroatoms. The highest BCUT2D eigenvalue weighted by molar-refractivity contribution is 5.81. The second kappa shape index (κ2) is 4.90. The van der Waals surface area contributed by atoms with Crippen LogP contribution in [-0.4, -0.2) is 9.97 Å². The van der Waals surface area contributed by atoms with Crippen LogP contribution in [0.15, 0.2) is 67.3 Å². The van der Waals surface area contributed by atoms with Gasteiger partial charge >= 0.3 is 0 Å². The summed E-state index contributed by atoms with van der Waals surface area (Å²) in [6.07, 6.45) is 5.06. The molecule has 0 atom stereocenters. The SMILES string of the molecule is Nc1ccc(-c2ccccc2)cc1-c1cncnc1. The van der Waals surface area contributed by atoms with Gasteiger partial charge in [0.05, 0.1) is 0 Å². The van der Waals surface area contributed by atoms with E-state index < -0.39 is 0 Å². The first kappa shape index (κ1) is 11.4. The highest BCUT2D eigenvalue weighted by atomic mass is 14.8. The molecule has 0 unspecified atom stereocenters. The first-order valence-corrected chi connectivity index (χ1v) is 6.05. The van der Waals surface area contributed by atoms with E-state index in [-0.39, 0.29) is 0 Å². The Kier molecular flexibility index (Phi) is 2.94. The fraction of sp³-hybridized carbons (Fsp3) is 0. The molecule has 2 N–H and O–H groups in total. The normalized spacial score (nSPS) is 10.3. The van der Waals surface area contributed by atoms with E-state index in [0.29, 0.717) is 0 Å². The Labute approximate surface area is 111 Å². The molecular formula is C16H13N3. The van der Waals surface area contributed by atoms with Crippen LogP contribution in [0.2, 0.25) is 0 Å². The number of nitrogens with zero attached hydrogens (tertiary/aromatic N) is 2. The maximum atomic E-state index is 6.04. The summed E-state index contributed by atoms with van der Waals surface area (Å²) in [6.45, 7) is 0. The lowest BCUT2D eigenvalue weighted by atomic mass is 9.99. The maximum absolute atomic E-state index is 6.04. The van der Waals surface area contributed by atoms with Crippen molar-refractivity contribution in [2.24, 2.45) is 0 Å². The van der Waals surface area contributed by atoms with Gasteiger partial charge in [-0.1, -0.05) is 36.4 Å². The van der Waals surface area contributed by atoms with Crippen LogP contribution in [0.5, 0.6) is 0 Å². The third-order valence-electron chi connectivity index (χ3n) is 3.03. The standard InChI is InChI=1S/C16H13N3/c17-16-7-6-13(12-4-2-1-3-5-12)8-15(16)14-9-18-11-19-10-14/h1-11H,17H2. The fourth-order valence-electron chi connectivity index (χ4n) is 2.05. The van der Waals surface area contributed by atoms with E-state index >= 15 is 0 Å². The van der Waals surface area contributed by atoms with E-state index in [1.807, 2.05) is 30.3 Å². The topological polar surface area (TPSA) is 51.8 Å². The number of benzene rings is 2. The molecule has 0 radical (unpaired) electrons. The zero-order chi connectivity index (χ0) is 13.1. The van der Waals surface area contributed by atoms with Crippen LogP contribution < -0.4 is 5.73 Å².